The zero-order chi connectivity index (χ0) is 14.1. The first-order chi connectivity index (χ1) is 9.68. The van der Waals surface area contributed by atoms with Crippen LogP contribution < -0.4 is 0 Å². The van der Waals surface area contributed by atoms with Gasteiger partial charge in [0.1, 0.15) is 6.04 Å². The van der Waals surface area contributed by atoms with Gasteiger partial charge >= 0.3 is 0 Å². The van der Waals surface area contributed by atoms with E-state index in [1.54, 1.807) is 0 Å². The molecular weight excluding hydrogens is 256 g/mol. The first-order valence-electron chi connectivity index (χ1n) is 7.42. The van der Waals surface area contributed by atoms with E-state index in [4.69, 9.17) is 4.74 Å². The average molecular weight is 278 g/mol. The van der Waals surface area contributed by atoms with E-state index in [0.717, 1.165) is 30.5 Å². The minimum absolute atomic E-state index is 0.145. The standard InChI is InChI=1S/C15H22N2O3/c1-11(15(19)16-7-9-20-10-8-16)17-6-5-12-13(17)3-2-4-14(12)18/h5-6,11,14,18H,2-4,7-10H2,1H3. The predicted molar refractivity (Wildman–Crippen MR) is 74.4 cm³/mol. The number of amides is 1. The summed E-state index contributed by atoms with van der Waals surface area (Å²) in [7, 11) is 0. The fourth-order valence-corrected chi connectivity index (χ4v) is 3.22. The molecule has 5 heteroatoms. The highest BCUT2D eigenvalue weighted by molar-refractivity contribution is 5.80. The first-order valence-corrected chi connectivity index (χ1v) is 7.42. The van der Waals surface area contributed by atoms with Gasteiger partial charge in [-0.25, -0.2) is 0 Å². The Hall–Kier alpha value is -1.33. The molecule has 5 nitrogen and oxygen atoms in total. The quantitative estimate of drug-likeness (QED) is 0.886. The molecule has 0 bridgehead atoms. The number of carbonyl (C=O) groups excluding carboxylic acids is 1. The Balaban J connectivity index is 1.80. The highest BCUT2D eigenvalue weighted by Gasteiger charge is 2.28. The van der Waals surface area contributed by atoms with Gasteiger partial charge in [0.25, 0.3) is 0 Å². The van der Waals surface area contributed by atoms with Crippen molar-refractivity contribution in [2.75, 3.05) is 26.3 Å². The van der Waals surface area contributed by atoms with Crippen molar-refractivity contribution in [1.82, 2.24) is 9.47 Å². The number of fused-ring (bicyclic) bond motifs is 1. The Labute approximate surface area is 119 Å². The summed E-state index contributed by atoms with van der Waals surface area (Å²) in [6, 6.07) is 1.75. The lowest BCUT2D eigenvalue weighted by atomic mass is 9.95. The second-order valence-corrected chi connectivity index (χ2v) is 5.65. The molecule has 1 aromatic rings. The Morgan fingerprint density at radius 3 is 2.95 bits per heavy atom. The zero-order valence-electron chi connectivity index (χ0n) is 11.9. The number of aliphatic hydroxyl groups is 1. The third-order valence-electron chi connectivity index (χ3n) is 4.41. The maximum atomic E-state index is 12.6. The third kappa shape index (κ3) is 2.36. The Kier molecular flexibility index (Phi) is 3.81. The van der Waals surface area contributed by atoms with Gasteiger partial charge < -0.3 is 19.3 Å². The van der Waals surface area contributed by atoms with Crippen molar-refractivity contribution < 1.29 is 14.6 Å². The van der Waals surface area contributed by atoms with E-state index in [1.165, 1.54) is 0 Å². The number of morpholine rings is 1. The Morgan fingerprint density at radius 1 is 1.45 bits per heavy atom. The summed E-state index contributed by atoms with van der Waals surface area (Å²) in [6.45, 7) is 4.55. The number of hydrogen-bond donors (Lipinski definition) is 1. The van der Waals surface area contributed by atoms with Crippen LogP contribution in [0.3, 0.4) is 0 Å². The van der Waals surface area contributed by atoms with Crippen LogP contribution in [0.2, 0.25) is 0 Å². The van der Waals surface area contributed by atoms with Crippen LogP contribution in [0.15, 0.2) is 12.3 Å². The van der Waals surface area contributed by atoms with Crippen LogP contribution in [0, 0.1) is 0 Å². The summed E-state index contributed by atoms with van der Waals surface area (Å²) in [4.78, 5) is 14.4. The van der Waals surface area contributed by atoms with Gasteiger partial charge in [0.2, 0.25) is 5.91 Å². The van der Waals surface area contributed by atoms with E-state index in [-0.39, 0.29) is 18.1 Å². The molecule has 1 aromatic heterocycles. The van der Waals surface area contributed by atoms with Gasteiger partial charge in [0.15, 0.2) is 0 Å². The predicted octanol–water partition coefficient (Wildman–Crippen LogP) is 1.28. The summed E-state index contributed by atoms with van der Waals surface area (Å²) >= 11 is 0. The molecule has 1 saturated heterocycles. The molecule has 1 amide bonds. The summed E-state index contributed by atoms with van der Waals surface area (Å²) in [5.41, 5.74) is 2.12. The number of carbonyl (C=O) groups is 1. The van der Waals surface area contributed by atoms with Crippen molar-refractivity contribution in [3.8, 4) is 0 Å². The topological polar surface area (TPSA) is 54.7 Å². The van der Waals surface area contributed by atoms with Crippen LogP contribution in [0.4, 0.5) is 0 Å². The normalized spacial score (nSPS) is 24.3. The SMILES string of the molecule is CC(C(=O)N1CCOCC1)n1ccc2c1CCCC2O. The highest BCUT2D eigenvalue weighted by atomic mass is 16.5. The van der Waals surface area contributed by atoms with Gasteiger partial charge in [-0.2, -0.15) is 0 Å². The van der Waals surface area contributed by atoms with Crippen LogP contribution in [0.5, 0.6) is 0 Å². The lowest BCUT2D eigenvalue weighted by Crippen LogP contribution is -2.43. The third-order valence-corrected chi connectivity index (χ3v) is 4.41. The molecule has 2 heterocycles. The fourth-order valence-electron chi connectivity index (χ4n) is 3.22. The minimum Gasteiger partial charge on any atom is -0.388 e. The van der Waals surface area contributed by atoms with Gasteiger partial charge in [0.05, 0.1) is 19.3 Å². The lowest BCUT2D eigenvalue weighted by molar-refractivity contribution is -0.138. The molecule has 3 rings (SSSR count). The second kappa shape index (κ2) is 5.58. The lowest BCUT2D eigenvalue weighted by Gasteiger charge is -2.31. The van der Waals surface area contributed by atoms with Gasteiger partial charge in [-0.15, -0.1) is 0 Å². The van der Waals surface area contributed by atoms with Crippen molar-refractivity contribution in [3.63, 3.8) is 0 Å². The number of rotatable bonds is 2. The Bertz CT molecular complexity index is 491. The van der Waals surface area contributed by atoms with E-state index in [2.05, 4.69) is 0 Å². The zero-order valence-corrected chi connectivity index (χ0v) is 11.9. The molecule has 0 spiro atoms. The van der Waals surface area contributed by atoms with Gasteiger partial charge in [0, 0.05) is 30.5 Å². The molecule has 1 aliphatic carbocycles. The van der Waals surface area contributed by atoms with E-state index < -0.39 is 0 Å². The van der Waals surface area contributed by atoms with E-state index in [9.17, 15) is 9.90 Å². The molecule has 20 heavy (non-hydrogen) atoms. The number of aromatic nitrogens is 1. The maximum Gasteiger partial charge on any atom is 0.245 e. The molecule has 110 valence electrons. The van der Waals surface area contributed by atoms with Crippen molar-refractivity contribution in [2.45, 2.75) is 38.3 Å². The van der Waals surface area contributed by atoms with Gasteiger partial charge in [-0.05, 0) is 32.3 Å². The van der Waals surface area contributed by atoms with Crippen LogP contribution >= 0.6 is 0 Å². The van der Waals surface area contributed by atoms with Crippen molar-refractivity contribution in [1.29, 1.82) is 0 Å². The Morgan fingerprint density at radius 2 is 2.20 bits per heavy atom. The first kappa shape index (κ1) is 13.6. The minimum atomic E-state index is -0.370. The number of hydrogen-bond acceptors (Lipinski definition) is 3. The molecule has 2 aliphatic rings. The molecule has 0 aromatic carbocycles. The molecule has 0 saturated carbocycles. The van der Waals surface area contributed by atoms with Crippen LogP contribution in [0.25, 0.3) is 0 Å². The fraction of sp³-hybridized carbons (Fsp3) is 0.667. The summed E-state index contributed by atoms with van der Waals surface area (Å²) < 4.78 is 7.33. The van der Waals surface area contributed by atoms with Crippen LogP contribution in [-0.4, -0.2) is 46.8 Å². The van der Waals surface area contributed by atoms with E-state index >= 15 is 0 Å². The summed E-state index contributed by atoms with van der Waals surface area (Å²) in [5.74, 6) is 0.145. The highest BCUT2D eigenvalue weighted by Crippen LogP contribution is 2.32. The average Bonchev–Trinajstić information content (AvgIpc) is 2.92. The van der Waals surface area contributed by atoms with Crippen LogP contribution in [-0.2, 0) is 16.0 Å². The van der Waals surface area contributed by atoms with Gasteiger partial charge in [-0.1, -0.05) is 0 Å². The molecule has 1 aliphatic heterocycles. The number of nitrogens with zero attached hydrogens (tertiary/aromatic N) is 2. The molecule has 1 fully saturated rings. The summed E-state index contributed by atoms with van der Waals surface area (Å²) in [6.07, 6.45) is 4.33. The molecular formula is C15H22N2O3. The monoisotopic (exact) mass is 278 g/mol. The molecule has 0 radical (unpaired) electrons. The van der Waals surface area contributed by atoms with Crippen molar-refractivity contribution in [3.05, 3.63) is 23.5 Å². The second-order valence-electron chi connectivity index (χ2n) is 5.65. The van der Waals surface area contributed by atoms with Crippen molar-refractivity contribution >= 4 is 5.91 Å². The molecule has 2 atom stereocenters. The smallest absolute Gasteiger partial charge is 0.245 e. The van der Waals surface area contributed by atoms with Gasteiger partial charge in [-0.3, -0.25) is 4.79 Å². The summed E-state index contributed by atoms with van der Waals surface area (Å²) in [5, 5.41) is 10.0. The number of aliphatic hydroxyl groups excluding tert-OH is 1. The van der Waals surface area contributed by atoms with E-state index in [0.29, 0.717) is 26.3 Å². The molecule has 1 N–H and O–H groups in total. The van der Waals surface area contributed by atoms with Crippen molar-refractivity contribution in [2.24, 2.45) is 0 Å². The van der Waals surface area contributed by atoms with E-state index in [1.807, 2.05) is 28.7 Å². The largest absolute Gasteiger partial charge is 0.388 e. The van der Waals surface area contributed by atoms with Crippen LogP contribution in [0.1, 0.15) is 43.2 Å². The molecule has 2 unspecified atom stereocenters. The number of ether oxygens (including phenoxy) is 1. The maximum absolute atomic E-state index is 12.6.